The van der Waals surface area contributed by atoms with Crippen LogP contribution in [-0.4, -0.2) is 49.4 Å². The number of carbonyl (C=O) groups is 1. The summed E-state index contributed by atoms with van der Waals surface area (Å²) in [6, 6.07) is 6.68. The van der Waals surface area contributed by atoms with Gasteiger partial charge in [-0.2, -0.15) is 18.9 Å². The zero-order valence-electron chi connectivity index (χ0n) is 13.3. The molecule has 0 aliphatic carbocycles. The standard InChI is InChI=1S/C15H12N6O4S/c16-6-9-4-11-12(5-10(9)7-17)21(2-1-3-26(23,24)25)14-13(20-11)15(22)19-8-18-14/h4-5H,1-3,8H2,(H,19,22)(H,23,24,25). The summed E-state index contributed by atoms with van der Waals surface area (Å²) in [4.78, 5) is 22.1. The van der Waals surface area contributed by atoms with Crippen molar-refractivity contribution in [1.29, 1.82) is 10.5 Å². The predicted molar refractivity (Wildman–Crippen MR) is 91.8 cm³/mol. The molecule has 0 saturated carbocycles. The van der Waals surface area contributed by atoms with E-state index >= 15 is 0 Å². The second kappa shape index (κ2) is 6.55. The van der Waals surface area contributed by atoms with Crippen molar-refractivity contribution in [3.05, 3.63) is 23.3 Å². The second-order valence-electron chi connectivity index (χ2n) is 5.51. The normalized spacial score (nSPS) is 15.7. The summed E-state index contributed by atoms with van der Waals surface area (Å²) in [6.07, 6.45) is 0.0636. The number of amidine groups is 1. The van der Waals surface area contributed by atoms with Crippen molar-refractivity contribution in [1.82, 2.24) is 5.32 Å². The number of anilines is 1. The van der Waals surface area contributed by atoms with Crippen LogP contribution in [0, 0.1) is 22.7 Å². The molecule has 26 heavy (non-hydrogen) atoms. The van der Waals surface area contributed by atoms with Gasteiger partial charge in [-0.15, -0.1) is 0 Å². The summed E-state index contributed by atoms with van der Waals surface area (Å²) in [5.41, 5.74) is 1.03. The molecule has 1 amide bonds. The van der Waals surface area contributed by atoms with Crippen molar-refractivity contribution in [2.45, 2.75) is 6.42 Å². The molecule has 132 valence electrons. The van der Waals surface area contributed by atoms with Gasteiger partial charge in [0.1, 0.15) is 18.8 Å². The molecule has 2 N–H and O–H groups in total. The van der Waals surface area contributed by atoms with E-state index in [1.807, 2.05) is 12.1 Å². The molecule has 0 spiro atoms. The fourth-order valence-corrected chi connectivity index (χ4v) is 3.19. The molecule has 1 aromatic rings. The molecular formula is C15H12N6O4S. The zero-order chi connectivity index (χ0) is 18.9. The molecule has 2 aliphatic rings. The number of carbonyl (C=O) groups excluding carboxylic acids is 1. The molecule has 2 aliphatic heterocycles. The third kappa shape index (κ3) is 3.26. The van der Waals surface area contributed by atoms with Gasteiger partial charge < -0.3 is 10.2 Å². The molecule has 11 heteroatoms. The van der Waals surface area contributed by atoms with Crippen LogP contribution in [-0.2, 0) is 14.9 Å². The molecule has 0 radical (unpaired) electrons. The number of hydrogen-bond donors (Lipinski definition) is 2. The highest BCUT2D eigenvalue weighted by Gasteiger charge is 2.33. The Morgan fingerprint density at radius 1 is 1.27 bits per heavy atom. The number of aliphatic imine (C=N–C) groups is 2. The molecule has 10 nitrogen and oxygen atoms in total. The van der Waals surface area contributed by atoms with Crippen molar-refractivity contribution < 1.29 is 17.8 Å². The molecule has 0 unspecified atom stereocenters. The van der Waals surface area contributed by atoms with Crippen molar-refractivity contribution >= 4 is 38.9 Å². The van der Waals surface area contributed by atoms with Crippen LogP contribution >= 0.6 is 0 Å². The van der Waals surface area contributed by atoms with Crippen LogP contribution in [0.3, 0.4) is 0 Å². The monoisotopic (exact) mass is 372 g/mol. The number of nitrogens with zero attached hydrogens (tertiary/aromatic N) is 5. The fourth-order valence-electron chi connectivity index (χ4n) is 2.69. The number of fused-ring (bicyclic) bond motifs is 2. The average Bonchev–Trinajstić information content (AvgIpc) is 2.59. The summed E-state index contributed by atoms with van der Waals surface area (Å²) in [7, 11) is -4.14. The zero-order valence-corrected chi connectivity index (χ0v) is 14.1. The maximum absolute atomic E-state index is 12.1. The minimum atomic E-state index is -4.14. The average molecular weight is 372 g/mol. The van der Waals surface area contributed by atoms with Gasteiger partial charge in [0.15, 0.2) is 11.5 Å². The number of nitrogens with one attached hydrogen (secondary N) is 1. The number of amides is 1. The van der Waals surface area contributed by atoms with E-state index in [9.17, 15) is 23.7 Å². The first-order valence-corrected chi connectivity index (χ1v) is 9.07. The molecule has 0 bridgehead atoms. The van der Waals surface area contributed by atoms with Gasteiger partial charge in [0.05, 0.1) is 28.3 Å². The molecule has 2 heterocycles. The Morgan fingerprint density at radius 3 is 2.62 bits per heavy atom. The highest BCUT2D eigenvalue weighted by atomic mass is 32.2. The van der Waals surface area contributed by atoms with Crippen LogP contribution in [0.1, 0.15) is 17.5 Å². The fraction of sp³-hybridized carbons (Fsp3) is 0.267. The molecular weight excluding hydrogens is 360 g/mol. The minimum Gasteiger partial charge on any atom is -0.331 e. The van der Waals surface area contributed by atoms with E-state index in [2.05, 4.69) is 15.3 Å². The maximum Gasteiger partial charge on any atom is 0.275 e. The summed E-state index contributed by atoms with van der Waals surface area (Å²) < 4.78 is 30.9. The third-order valence-corrected chi connectivity index (χ3v) is 4.62. The van der Waals surface area contributed by atoms with Crippen LogP contribution in [0.25, 0.3) is 0 Å². The summed E-state index contributed by atoms with van der Waals surface area (Å²) in [5.74, 6) is -0.653. The van der Waals surface area contributed by atoms with Gasteiger partial charge in [-0.3, -0.25) is 9.35 Å². The molecule has 0 fully saturated rings. The number of nitriles is 2. The summed E-state index contributed by atoms with van der Waals surface area (Å²) in [6.45, 7) is 0.160. The van der Waals surface area contributed by atoms with Gasteiger partial charge in [-0.1, -0.05) is 0 Å². The van der Waals surface area contributed by atoms with Crippen LogP contribution < -0.4 is 10.2 Å². The van der Waals surface area contributed by atoms with Crippen LogP contribution in [0.15, 0.2) is 22.1 Å². The molecule has 0 aromatic heterocycles. The summed E-state index contributed by atoms with van der Waals surface area (Å²) >= 11 is 0. The Morgan fingerprint density at radius 2 is 1.96 bits per heavy atom. The summed E-state index contributed by atoms with van der Waals surface area (Å²) in [5, 5.41) is 20.9. The predicted octanol–water partition coefficient (Wildman–Crippen LogP) is 0.0862. The van der Waals surface area contributed by atoms with Crippen molar-refractivity contribution in [3.8, 4) is 12.1 Å². The first-order valence-electron chi connectivity index (χ1n) is 7.46. The van der Waals surface area contributed by atoms with Gasteiger partial charge in [-0.25, -0.2) is 9.98 Å². The number of benzene rings is 1. The van der Waals surface area contributed by atoms with Gasteiger partial charge >= 0.3 is 0 Å². The number of rotatable bonds is 4. The maximum atomic E-state index is 12.1. The Hall–Kier alpha value is -3.28. The molecule has 0 saturated heterocycles. The van der Waals surface area contributed by atoms with E-state index < -0.39 is 21.8 Å². The smallest absolute Gasteiger partial charge is 0.275 e. The topological polar surface area (TPSA) is 159 Å². The first kappa shape index (κ1) is 17.5. The van der Waals surface area contributed by atoms with Crippen molar-refractivity contribution in [3.63, 3.8) is 0 Å². The van der Waals surface area contributed by atoms with E-state index in [4.69, 9.17) is 4.55 Å². The van der Waals surface area contributed by atoms with Crippen LogP contribution in [0.5, 0.6) is 0 Å². The third-order valence-electron chi connectivity index (χ3n) is 3.81. The molecule has 0 atom stereocenters. The lowest BCUT2D eigenvalue weighted by molar-refractivity contribution is -0.114. The Labute approximate surface area is 148 Å². The lowest BCUT2D eigenvalue weighted by atomic mass is 10.0. The van der Waals surface area contributed by atoms with Crippen molar-refractivity contribution in [2.24, 2.45) is 9.98 Å². The van der Waals surface area contributed by atoms with Gasteiger partial charge in [0, 0.05) is 6.54 Å². The van der Waals surface area contributed by atoms with Gasteiger partial charge in [0.2, 0.25) is 0 Å². The van der Waals surface area contributed by atoms with Gasteiger partial charge in [-0.05, 0) is 18.6 Å². The first-order chi connectivity index (χ1) is 12.3. The SMILES string of the molecule is N#Cc1cc2c(cc1C#N)N(CCCS(=O)(=O)O)C1=NCNC(=O)C1=N2. The highest BCUT2D eigenvalue weighted by molar-refractivity contribution is 7.85. The van der Waals surface area contributed by atoms with Crippen molar-refractivity contribution in [2.75, 3.05) is 23.9 Å². The van der Waals surface area contributed by atoms with E-state index in [0.717, 1.165) is 0 Å². The van der Waals surface area contributed by atoms with Gasteiger partial charge in [0.25, 0.3) is 16.0 Å². The minimum absolute atomic E-state index is 0.0404. The molecule has 1 aromatic carbocycles. The largest absolute Gasteiger partial charge is 0.331 e. The lowest BCUT2D eigenvalue weighted by Gasteiger charge is -2.33. The highest BCUT2D eigenvalue weighted by Crippen LogP contribution is 2.36. The van der Waals surface area contributed by atoms with E-state index in [1.54, 1.807) is 4.90 Å². The Kier molecular flexibility index (Phi) is 4.42. The van der Waals surface area contributed by atoms with Crippen LogP contribution in [0.2, 0.25) is 0 Å². The Bertz CT molecular complexity index is 1050. The number of hydrogen-bond acceptors (Lipinski definition) is 8. The quantitative estimate of drug-likeness (QED) is 0.708. The lowest BCUT2D eigenvalue weighted by Crippen LogP contribution is -2.50. The van der Waals surface area contributed by atoms with E-state index in [-0.39, 0.29) is 42.3 Å². The van der Waals surface area contributed by atoms with Crippen LogP contribution in [0.4, 0.5) is 11.4 Å². The molecule has 3 rings (SSSR count). The van der Waals surface area contributed by atoms with E-state index in [1.165, 1.54) is 12.1 Å². The van der Waals surface area contributed by atoms with E-state index in [0.29, 0.717) is 11.4 Å². The Balaban J connectivity index is 2.09. The second-order valence-corrected chi connectivity index (χ2v) is 7.08.